The number of hydrogen-bond acceptors (Lipinski definition) is 7. The van der Waals surface area contributed by atoms with Gasteiger partial charge < -0.3 is 24.8 Å². The second-order valence-electron chi connectivity index (χ2n) is 4.20. The van der Waals surface area contributed by atoms with E-state index in [0.29, 0.717) is 5.56 Å². The molecule has 3 N–H and O–H groups in total. The summed E-state index contributed by atoms with van der Waals surface area (Å²) in [7, 11) is 0. The lowest BCUT2D eigenvalue weighted by Crippen LogP contribution is -2.24. The Morgan fingerprint density at radius 1 is 1.14 bits per heavy atom. The molecular weight excluding hydrogens is 292 g/mol. The molecule has 118 valence electrons. The van der Waals surface area contributed by atoms with Crippen molar-refractivity contribution in [3.05, 3.63) is 42.5 Å². The van der Waals surface area contributed by atoms with Crippen LogP contribution < -0.4 is 0 Å². The van der Waals surface area contributed by atoms with Crippen LogP contribution >= 0.6 is 0 Å². The predicted octanol–water partition coefficient (Wildman–Crippen LogP) is 0.744. The summed E-state index contributed by atoms with van der Waals surface area (Å²) in [6, 6.07) is 4.03. The Balaban J connectivity index is 2.39. The van der Waals surface area contributed by atoms with Crippen LogP contribution in [0.15, 0.2) is 36.9 Å². The quantitative estimate of drug-likeness (QED) is 0.387. The van der Waals surface area contributed by atoms with Crippen LogP contribution in [-0.2, 0) is 19.1 Å². The maximum Gasteiger partial charge on any atom is 0.330 e. The summed E-state index contributed by atoms with van der Waals surface area (Å²) in [4.78, 5) is 22.2. The van der Waals surface area contributed by atoms with Crippen molar-refractivity contribution in [2.45, 2.75) is 6.10 Å². The number of phenolic OH excluding ortho intramolecular Hbond substituents is 2. The first-order chi connectivity index (χ1) is 10.4. The van der Waals surface area contributed by atoms with Gasteiger partial charge in [0.2, 0.25) is 0 Å². The summed E-state index contributed by atoms with van der Waals surface area (Å²) in [6.07, 6.45) is 2.27. The first kappa shape index (κ1) is 17.3. The van der Waals surface area contributed by atoms with Crippen molar-refractivity contribution < 1.29 is 34.4 Å². The predicted molar refractivity (Wildman–Crippen MR) is 76.9 cm³/mol. The van der Waals surface area contributed by atoms with Crippen LogP contribution in [0, 0.1) is 0 Å². The maximum atomic E-state index is 11.4. The average molecular weight is 308 g/mol. The van der Waals surface area contributed by atoms with Crippen molar-refractivity contribution >= 4 is 18.0 Å². The maximum absolute atomic E-state index is 11.4. The van der Waals surface area contributed by atoms with Gasteiger partial charge in [0.25, 0.3) is 0 Å². The van der Waals surface area contributed by atoms with Crippen molar-refractivity contribution in [1.29, 1.82) is 0 Å². The van der Waals surface area contributed by atoms with E-state index in [4.69, 9.17) is 9.84 Å². The summed E-state index contributed by atoms with van der Waals surface area (Å²) in [5, 5.41) is 27.8. The molecule has 0 fully saturated rings. The molecule has 0 spiro atoms. The van der Waals surface area contributed by atoms with E-state index in [0.717, 1.165) is 12.2 Å². The zero-order chi connectivity index (χ0) is 16.5. The van der Waals surface area contributed by atoms with Gasteiger partial charge in [-0.15, -0.1) is 0 Å². The van der Waals surface area contributed by atoms with E-state index >= 15 is 0 Å². The lowest BCUT2D eigenvalue weighted by atomic mass is 10.2. The van der Waals surface area contributed by atoms with Crippen LogP contribution in [0.3, 0.4) is 0 Å². The Kier molecular flexibility index (Phi) is 6.65. The molecule has 7 heteroatoms. The van der Waals surface area contributed by atoms with Gasteiger partial charge in [-0.2, -0.15) is 0 Å². The zero-order valence-corrected chi connectivity index (χ0v) is 11.6. The van der Waals surface area contributed by atoms with Crippen molar-refractivity contribution in [2.75, 3.05) is 13.2 Å². The summed E-state index contributed by atoms with van der Waals surface area (Å²) in [5.41, 5.74) is 0.479. The van der Waals surface area contributed by atoms with Crippen LogP contribution in [0.25, 0.3) is 6.08 Å². The summed E-state index contributed by atoms with van der Waals surface area (Å²) in [5.74, 6) is -1.98. The largest absolute Gasteiger partial charge is 0.504 e. The Labute approximate surface area is 126 Å². The molecule has 0 aliphatic heterocycles. The van der Waals surface area contributed by atoms with Crippen LogP contribution in [0.5, 0.6) is 11.5 Å². The SMILES string of the molecule is C=CC(=O)OCC(O)COC(=O)/C=C/c1ccc(O)c(O)c1. The average Bonchev–Trinajstić information content (AvgIpc) is 2.51. The fraction of sp³-hybridized carbons (Fsp3) is 0.200. The number of phenols is 2. The molecule has 0 bridgehead atoms. The highest BCUT2D eigenvalue weighted by Crippen LogP contribution is 2.25. The third-order valence-electron chi connectivity index (χ3n) is 2.41. The second kappa shape index (κ2) is 8.48. The van der Waals surface area contributed by atoms with Gasteiger partial charge >= 0.3 is 11.9 Å². The number of aliphatic hydroxyl groups is 1. The van der Waals surface area contributed by atoms with E-state index in [-0.39, 0.29) is 24.7 Å². The molecular formula is C15H16O7. The number of hydrogen-bond donors (Lipinski definition) is 3. The third kappa shape index (κ3) is 6.10. The number of rotatable bonds is 7. The first-order valence-electron chi connectivity index (χ1n) is 6.26. The van der Waals surface area contributed by atoms with Gasteiger partial charge in [-0.3, -0.25) is 0 Å². The van der Waals surface area contributed by atoms with Gasteiger partial charge in [-0.1, -0.05) is 12.6 Å². The molecule has 22 heavy (non-hydrogen) atoms. The topological polar surface area (TPSA) is 113 Å². The van der Waals surface area contributed by atoms with Gasteiger partial charge in [0.05, 0.1) is 0 Å². The Morgan fingerprint density at radius 3 is 2.36 bits per heavy atom. The molecule has 7 nitrogen and oxygen atoms in total. The smallest absolute Gasteiger partial charge is 0.330 e. The molecule has 0 aliphatic rings. The summed E-state index contributed by atoms with van der Waals surface area (Å²) < 4.78 is 9.31. The lowest BCUT2D eigenvalue weighted by molar-refractivity contribution is -0.146. The molecule has 1 atom stereocenters. The Bertz CT molecular complexity index is 577. The van der Waals surface area contributed by atoms with Crippen LogP contribution in [-0.4, -0.2) is 46.6 Å². The van der Waals surface area contributed by atoms with E-state index in [1.807, 2.05) is 0 Å². The molecule has 1 unspecified atom stereocenters. The number of benzene rings is 1. The molecule has 0 heterocycles. The van der Waals surface area contributed by atoms with Gasteiger partial charge in [-0.05, 0) is 23.8 Å². The van der Waals surface area contributed by atoms with Crippen LogP contribution in [0.4, 0.5) is 0 Å². The van der Waals surface area contributed by atoms with Gasteiger partial charge in [0.15, 0.2) is 11.5 Å². The number of carbonyl (C=O) groups excluding carboxylic acids is 2. The monoisotopic (exact) mass is 308 g/mol. The van der Waals surface area contributed by atoms with Gasteiger partial charge in [-0.25, -0.2) is 9.59 Å². The highest BCUT2D eigenvalue weighted by atomic mass is 16.6. The minimum absolute atomic E-state index is 0.267. The third-order valence-corrected chi connectivity index (χ3v) is 2.41. The zero-order valence-electron chi connectivity index (χ0n) is 11.6. The van der Waals surface area contributed by atoms with Crippen molar-refractivity contribution in [1.82, 2.24) is 0 Å². The number of esters is 2. The number of ether oxygens (including phenoxy) is 2. The van der Waals surface area contributed by atoms with Crippen LogP contribution in [0.1, 0.15) is 5.56 Å². The fourth-order valence-corrected chi connectivity index (χ4v) is 1.32. The summed E-state index contributed by atoms with van der Waals surface area (Å²) >= 11 is 0. The van der Waals surface area contributed by atoms with E-state index in [1.54, 1.807) is 0 Å². The Morgan fingerprint density at radius 2 is 1.77 bits per heavy atom. The fourth-order valence-electron chi connectivity index (χ4n) is 1.32. The van der Waals surface area contributed by atoms with Crippen molar-refractivity contribution in [2.24, 2.45) is 0 Å². The van der Waals surface area contributed by atoms with Gasteiger partial charge in [0, 0.05) is 12.2 Å². The number of aliphatic hydroxyl groups excluding tert-OH is 1. The van der Waals surface area contributed by atoms with Crippen LogP contribution in [0.2, 0.25) is 0 Å². The standard InChI is InChI=1S/C15H16O7/c1-2-14(19)21-8-11(16)9-22-15(20)6-4-10-3-5-12(17)13(18)7-10/h2-7,11,16-18H,1,8-9H2/b6-4+. The molecule has 0 saturated heterocycles. The minimum Gasteiger partial charge on any atom is -0.504 e. The number of carbonyl (C=O) groups is 2. The van der Waals surface area contributed by atoms with E-state index in [1.165, 1.54) is 24.3 Å². The first-order valence-corrected chi connectivity index (χ1v) is 6.26. The molecule has 0 amide bonds. The molecule has 1 aromatic carbocycles. The van der Waals surface area contributed by atoms with E-state index < -0.39 is 18.0 Å². The summed E-state index contributed by atoms with van der Waals surface area (Å²) in [6.45, 7) is 2.54. The molecule has 0 aromatic heterocycles. The molecule has 0 radical (unpaired) electrons. The van der Waals surface area contributed by atoms with E-state index in [2.05, 4.69) is 11.3 Å². The highest BCUT2D eigenvalue weighted by molar-refractivity contribution is 5.87. The van der Waals surface area contributed by atoms with E-state index in [9.17, 15) is 19.8 Å². The lowest BCUT2D eigenvalue weighted by Gasteiger charge is -2.09. The highest BCUT2D eigenvalue weighted by Gasteiger charge is 2.09. The normalized spacial score (nSPS) is 11.9. The molecule has 0 aliphatic carbocycles. The molecule has 1 aromatic rings. The minimum atomic E-state index is -1.14. The molecule has 1 rings (SSSR count). The Hall–Kier alpha value is -2.80. The number of aromatic hydroxyl groups is 2. The van der Waals surface area contributed by atoms with Gasteiger partial charge in [0.1, 0.15) is 19.3 Å². The van der Waals surface area contributed by atoms with Crippen molar-refractivity contribution in [3.8, 4) is 11.5 Å². The molecule has 0 saturated carbocycles. The van der Waals surface area contributed by atoms with Crippen molar-refractivity contribution in [3.63, 3.8) is 0 Å². The second-order valence-corrected chi connectivity index (χ2v) is 4.20.